The van der Waals surface area contributed by atoms with Gasteiger partial charge in [0.2, 0.25) is 0 Å². The van der Waals surface area contributed by atoms with Crippen LogP contribution in [-0.4, -0.2) is 0 Å². The van der Waals surface area contributed by atoms with Crippen molar-refractivity contribution in [3.63, 3.8) is 0 Å². The van der Waals surface area contributed by atoms with E-state index >= 15 is 0 Å². The van der Waals surface area contributed by atoms with E-state index in [4.69, 9.17) is 23.6 Å². The average Bonchev–Trinajstić information content (AvgIpc) is 2.18. The Balaban J connectivity index is 0.000000364. The van der Waals surface area contributed by atoms with Crippen LogP contribution < -0.4 is 9.89 Å². The molecule has 0 aliphatic carbocycles. The first-order valence-electron chi connectivity index (χ1n) is 3.36. The van der Waals surface area contributed by atoms with Gasteiger partial charge in [-0.2, -0.15) is 23.1 Å². The van der Waals surface area contributed by atoms with Crippen molar-refractivity contribution in [2.24, 2.45) is 0 Å². The minimum Gasteiger partial charge on any atom is -0.166 e. The second kappa shape index (κ2) is 6.89. The summed E-state index contributed by atoms with van der Waals surface area (Å²) < 4.78 is 35.4. The summed E-state index contributed by atoms with van der Waals surface area (Å²) in [5.41, 5.74) is -0.602. The predicted octanol–water partition coefficient (Wildman–Crippen LogP) is 3.09. The lowest BCUT2D eigenvalue weighted by molar-refractivity contribution is -0.137. The zero-order valence-electron chi connectivity index (χ0n) is 6.78. The molecular weight excluding hydrogens is 240 g/mol. The minimum atomic E-state index is -4.21. The summed E-state index contributed by atoms with van der Waals surface area (Å²) in [5.74, 6) is 0. The van der Waals surface area contributed by atoms with Crippen molar-refractivity contribution < 1.29 is 13.2 Å². The largest absolute Gasteiger partial charge is 0.416 e. The van der Waals surface area contributed by atoms with Gasteiger partial charge in [0, 0.05) is 0 Å². The molecule has 1 rings (SSSR count). The molecular formula is C7H7Cl2F3N2. The number of hydrazine groups is 1. The molecule has 0 aliphatic heterocycles. The molecule has 0 unspecified atom stereocenters. The first-order valence-corrected chi connectivity index (χ1v) is 4.11. The quantitative estimate of drug-likeness (QED) is 0.588. The smallest absolute Gasteiger partial charge is 0.166 e. The third-order valence-corrected chi connectivity index (χ3v) is 1.42. The van der Waals surface area contributed by atoms with Crippen molar-refractivity contribution in [2.45, 2.75) is 6.18 Å². The highest BCUT2D eigenvalue weighted by Gasteiger charge is 2.29. The molecule has 0 heterocycles. The summed E-state index contributed by atoms with van der Waals surface area (Å²) in [5, 5.41) is 0. The van der Waals surface area contributed by atoms with Crippen LogP contribution in [-0.2, 0) is 6.18 Å². The normalized spacial score (nSPS) is 10.4. The molecule has 14 heavy (non-hydrogen) atoms. The lowest BCUT2D eigenvalue weighted by Gasteiger charge is -2.03. The predicted molar refractivity (Wildman–Crippen MR) is 49.4 cm³/mol. The van der Waals surface area contributed by atoms with Crippen LogP contribution in [0.3, 0.4) is 0 Å². The van der Waals surface area contributed by atoms with Crippen molar-refractivity contribution in [1.29, 1.82) is 0 Å². The van der Waals surface area contributed by atoms with E-state index in [2.05, 4.69) is 0 Å². The van der Waals surface area contributed by atoms with Gasteiger partial charge in [0.05, 0.1) is 5.56 Å². The molecule has 0 radical (unpaired) electrons. The number of rotatable bonds is 1. The minimum absolute atomic E-state index is 0.602. The third kappa shape index (κ3) is 6.04. The molecule has 0 amide bonds. The lowest BCUT2D eigenvalue weighted by atomic mass is 10.2. The molecule has 0 bridgehead atoms. The van der Waals surface area contributed by atoms with E-state index in [0.29, 0.717) is 0 Å². The molecule has 0 atom stereocenters. The molecule has 0 saturated heterocycles. The monoisotopic (exact) mass is 246 g/mol. The van der Waals surface area contributed by atoms with Crippen LogP contribution in [0.2, 0.25) is 0 Å². The van der Waals surface area contributed by atoms with Gasteiger partial charge in [0.1, 0.15) is 0 Å². The number of halogens is 5. The SMILES string of the molecule is ClNNCl.FC(F)(F)c1ccccc1. The number of benzene rings is 1. The molecule has 80 valence electrons. The van der Waals surface area contributed by atoms with E-state index in [9.17, 15) is 13.2 Å². The van der Waals surface area contributed by atoms with Crippen molar-refractivity contribution in [3.05, 3.63) is 35.9 Å². The maximum Gasteiger partial charge on any atom is 0.416 e. The van der Waals surface area contributed by atoms with E-state index in [1.165, 1.54) is 12.1 Å². The highest BCUT2D eigenvalue weighted by atomic mass is 35.5. The van der Waals surface area contributed by atoms with Crippen LogP contribution >= 0.6 is 23.6 Å². The lowest BCUT2D eigenvalue weighted by Crippen LogP contribution is -2.07. The second-order valence-corrected chi connectivity index (χ2v) is 2.43. The Morgan fingerprint density at radius 2 is 1.36 bits per heavy atom. The summed E-state index contributed by atoms with van der Waals surface area (Å²) in [6.45, 7) is 0. The Morgan fingerprint density at radius 3 is 1.57 bits per heavy atom. The van der Waals surface area contributed by atoms with Crippen LogP contribution in [0.25, 0.3) is 0 Å². The van der Waals surface area contributed by atoms with Gasteiger partial charge in [0.25, 0.3) is 0 Å². The van der Waals surface area contributed by atoms with Crippen molar-refractivity contribution >= 4 is 23.6 Å². The van der Waals surface area contributed by atoms with Gasteiger partial charge in [-0.1, -0.05) is 30.3 Å². The summed E-state index contributed by atoms with van der Waals surface area (Å²) in [4.78, 5) is 3.84. The van der Waals surface area contributed by atoms with Crippen LogP contribution in [0, 0.1) is 0 Å². The summed E-state index contributed by atoms with van der Waals surface area (Å²) in [6, 6.07) is 6.36. The average molecular weight is 247 g/mol. The standard InChI is InChI=1S/C7H5F3.Cl2H2N2/c8-7(9,10)6-4-2-1-3-5-6;1-3-4-2/h1-5H;3-4H. The molecule has 0 saturated carbocycles. The van der Waals surface area contributed by atoms with Crippen molar-refractivity contribution in [3.8, 4) is 0 Å². The third-order valence-electron chi connectivity index (χ3n) is 1.14. The number of hydrogen-bond donors (Lipinski definition) is 2. The topological polar surface area (TPSA) is 24.1 Å². The maximum atomic E-state index is 11.8. The molecule has 7 heteroatoms. The van der Waals surface area contributed by atoms with Gasteiger partial charge >= 0.3 is 6.18 Å². The fourth-order valence-corrected chi connectivity index (χ4v) is 0.627. The van der Waals surface area contributed by atoms with E-state index in [1.807, 2.05) is 9.89 Å². The van der Waals surface area contributed by atoms with Crippen LogP contribution in [0.1, 0.15) is 5.56 Å². The maximum absolute atomic E-state index is 11.8. The highest BCUT2D eigenvalue weighted by molar-refractivity contribution is 6.19. The number of hydrogen-bond acceptors (Lipinski definition) is 2. The van der Waals surface area contributed by atoms with Gasteiger partial charge in [-0.25, -0.2) is 0 Å². The molecule has 0 spiro atoms. The fraction of sp³-hybridized carbons (Fsp3) is 0.143. The number of alkyl halides is 3. The van der Waals surface area contributed by atoms with Gasteiger partial charge in [-0.15, -0.1) is 0 Å². The van der Waals surface area contributed by atoms with Crippen LogP contribution in [0.15, 0.2) is 30.3 Å². The van der Waals surface area contributed by atoms with Gasteiger partial charge in [-0.3, -0.25) is 0 Å². The molecule has 2 nitrogen and oxygen atoms in total. The Labute approximate surface area is 89.2 Å². The van der Waals surface area contributed by atoms with E-state index < -0.39 is 11.7 Å². The van der Waals surface area contributed by atoms with E-state index in [1.54, 1.807) is 6.07 Å². The van der Waals surface area contributed by atoms with E-state index in [0.717, 1.165) is 12.1 Å². The zero-order chi connectivity index (χ0) is 11.0. The molecule has 1 aromatic carbocycles. The summed E-state index contributed by atoms with van der Waals surface area (Å²) in [7, 11) is 0. The van der Waals surface area contributed by atoms with Crippen molar-refractivity contribution in [1.82, 2.24) is 9.89 Å². The first kappa shape index (κ1) is 13.5. The van der Waals surface area contributed by atoms with Crippen LogP contribution in [0.4, 0.5) is 13.2 Å². The van der Waals surface area contributed by atoms with Crippen molar-refractivity contribution in [2.75, 3.05) is 0 Å². The Morgan fingerprint density at radius 1 is 0.929 bits per heavy atom. The molecule has 0 aromatic heterocycles. The van der Waals surface area contributed by atoms with Gasteiger partial charge < -0.3 is 0 Å². The second-order valence-electron chi connectivity index (χ2n) is 2.05. The zero-order valence-corrected chi connectivity index (χ0v) is 8.29. The Kier molecular flexibility index (Phi) is 6.65. The summed E-state index contributed by atoms with van der Waals surface area (Å²) in [6.07, 6.45) is -4.21. The Bertz CT molecular complexity index is 238. The summed E-state index contributed by atoms with van der Waals surface area (Å²) >= 11 is 9.39. The van der Waals surface area contributed by atoms with Gasteiger partial charge in [-0.05, 0) is 23.6 Å². The molecule has 2 N–H and O–H groups in total. The first-order chi connectivity index (χ1) is 6.52. The fourth-order valence-electron chi connectivity index (χ4n) is 0.627. The molecule has 1 aromatic rings. The molecule has 0 fully saturated rings. The number of nitrogens with one attached hydrogen (secondary N) is 2. The Hall–Kier alpha value is -0.490. The van der Waals surface area contributed by atoms with Crippen LogP contribution in [0.5, 0.6) is 0 Å². The molecule has 0 aliphatic rings. The van der Waals surface area contributed by atoms with Gasteiger partial charge in [0.15, 0.2) is 0 Å². The van der Waals surface area contributed by atoms with E-state index in [-0.39, 0.29) is 0 Å². The highest BCUT2D eigenvalue weighted by Crippen LogP contribution is 2.28.